The molecular formula is C16H17BrClNO. The first-order chi connectivity index (χ1) is 9.51. The molecular weight excluding hydrogens is 338 g/mol. The number of anilines is 1. The molecule has 0 bridgehead atoms. The smallest absolute Gasteiger partial charge is 0.156 e. The predicted octanol–water partition coefficient (Wildman–Crippen LogP) is 5.34. The predicted molar refractivity (Wildman–Crippen MR) is 88.9 cm³/mol. The van der Waals surface area contributed by atoms with E-state index in [1.807, 2.05) is 12.1 Å². The summed E-state index contributed by atoms with van der Waals surface area (Å²) in [6.07, 6.45) is 0. The average molecular weight is 355 g/mol. The van der Waals surface area contributed by atoms with E-state index in [9.17, 15) is 0 Å². The molecule has 0 unspecified atom stereocenters. The van der Waals surface area contributed by atoms with Crippen LogP contribution in [0.15, 0.2) is 34.8 Å². The number of hydrogen-bond acceptors (Lipinski definition) is 2. The van der Waals surface area contributed by atoms with Crippen LogP contribution >= 0.6 is 27.5 Å². The highest BCUT2D eigenvalue weighted by molar-refractivity contribution is 9.10. The highest BCUT2D eigenvalue weighted by Gasteiger charge is 2.09. The molecule has 2 nitrogen and oxygen atoms in total. The fourth-order valence-corrected chi connectivity index (χ4v) is 2.98. The van der Waals surface area contributed by atoms with Crippen molar-refractivity contribution in [3.63, 3.8) is 0 Å². The van der Waals surface area contributed by atoms with E-state index < -0.39 is 0 Å². The Hall–Kier alpha value is -1.19. The molecule has 0 spiro atoms. The van der Waals surface area contributed by atoms with Gasteiger partial charge >= 0.3 is 0 Å². The first-order valence-electron chi connectivity index (χ1n) is 6.34. The van der Waals surface area contributed by atoms with Crippen molar-refractivity contribution in [2.24, 2.45) is 0 Å². The Balaban J connectivity index is 2.20. The maximum Gasteiger partial charge on any atom is 0.156 e. The van der Waals surface area contributed by atoms with Gasteiger partial charge in [0.25, 0.3) is 0 Å². The number of halogens is 2. The first-order valence-corrected chi connectivity index (χ1v) is 7.51. The summed E-state index contributed by atoms with van der Waals surface area (Å²) in [6.45, 7) is 4.96. The van der Waals surface area contributed by atoms with Crippen molar-refractivity contribution in [1.29, 1.82) is 0 Å². The Morgan fingerprint density at radius 1 is 1.15 bits per heavy atom. The van der Waals surface area contributed by atoms with Crippen LogP contribution in [0.5, 0.6) is 5.75 Å². The third-order valence-electron chi connectivity index (χ3n) is 3.27. The molecule has 0 atom stereocenters. The molecule has 0 heterocycles. The Bertz CT molecular complexity index is 628. The van der Waals surface area contributed by atoms with Gasteiger partial charge in [-0.15, -0.1) is 0 Å². The van der Waals surface area contributed by atoms with Crippen LogP contribution in [-0.2, 0) is 6.54 Å². The molecule has 0 saturated carbocycles. The molecule has 0 fully saturated rings. The SMILES string of the molecule is COc1c(Br)cc(Cl)cc1NCc1ccc(C)c(C)c1. The van der Waals surface area contributed by atoms with Crippen LogP contribution in [-0.4, -0.2) is 7.11 Å². The van der Waals surface area contributed by atoms with E-state index in [1.54, 1.807) is 7.11 Å². The monoisotopic (exact) mass is 353 g/mol. The van der Waals surface area contributed by atoms with Crippen molar-refractivity contribution in [3.05, 3.63) is 56.5 Å². The topological polar surface area (TPSA) is 21.3 Å². The number of hydrogen-bond donors (Lipinski definition) is 1. The van der Waals surface area contributed by atoms with Gasteiger partial charge in [-0.3, -0.25) is 0 Å². The standard InChI is InChI=1S/C16H17BrClNO/c1-10-4-5-12(6-11(10)2)9-19-15-8-13(18)7-14(17)16(15)20-3/h4-8,19H,9H2,1-3H3. The highest BCUT2D eigenvalue weighted by atomic mass is 79.9. The summed E-state index contributed by atoms with van der Waals surface area (Å²) in [5, 5.41) is 4.04. The minimum absolute atomic E-state index is 0.667. The van der Waals surface area contributed by atoms with Gasteiger partial charge in [0, 0.05) is 11.6 Å². The number of methoxy groups -OCH3 is 1. The fourth-order valence-electron chi connectivity index (χ4n) is 2.01. The van der Waals surface area contributed by atoms with Crippen LogP contribution in [0.4, 0.5) is 5.69 Å². The zero-order valence-corrected chi connectivity index (χ0v) is 14.1. The molecule has 0 aliphatic carbocycles. The van der Waals surface area contributed by atoms with E-state index in [1.165, 1.54) is 16.7 Å². The molecule has 0 aromatic heterocycles. The number of benzene rings is 2. The third-order valence-corrected chi connectivity index (χ3v) is 4.07. The summed E-state index contributed by atoms with van der Waals surface area (Å²) < 4.78 is 6.24. The summed E-state index contributed by atoms with van der Waals surface area (Å²) >= 11 is 9.54. The number of aryl methyl sites for hydroxylation is 2. The van der Waals surface area contributed by atoms with Gasteiger partial charge in [-0.1, -0.05) is 29.8 Å². The Morgan fingerprint density at radius 3 is 2.55 bits per heavy atom. The van der Waals surface area contributed by atoms with Crippen molar-refractivity contribution in [2.45, 2.75) is 20.4 Å². The maximum atomic E-state index is 6.08. The molecule has 1 N–H and O–H groups in total. The first kappa shape index (κ1) is 15.2. The van der Waals surface area contributed by atoms with Crippen molar-refractivity contribution < 1.29 is 4.74 Å². The third kappa shape index (κ3) is 3.47. The molecule has 106 valence electrons. The van der Waals surface area contributed by atoms with Gasteiger partial charge in [0.15, 0.2) is 5.75 Å². The molecule has 20 heavy (non-hydrogen) atoms. The summed E-state index contributed by atoms with van der Waals surface area (Å²) in [6, 6.07) is 10.1. The highest BCUT2D eigenvalue weighted by Crippen LogP contribution is 2.36. The lowest BCUT2D eigenvalue weighted by molar-refractivity contribution is 0.414. The van der Waals surface area contributed by atoms with Crippen LogP contribution in [0.3, 0.4) is 0 Å². The molecule has 0 saturated heterocycles. The second-order valence-corrected chi connectivity index (χ2v) is 6.03. The molecule has 0 aliphatic rings. The minimum Gasteiger partial charge on any atom is -0.493 e. The largest absolute Gasteiger partial charge is 0.493 e. The molecule has 0 aliphatic heterocycles. The van der Waals surface area contributed by atoms with Gasteiger partial charge in [-0.2, -0.15) is 0 Å². The van der Waals surface area contributed by atoms with Crippen molar-refractivity contribution in [1.82, 2.24) is 0 Å². The maximum absolute atomic E-state index is 6.08. The zero-order valence-electron chi connectivity index (χ0n) is 11.8. The average Bonchev–Trinajstić information content (AvgIpc) is 2.39. The summed E-state index contributed by atoms with van der Waals surface area (Å²) in [7, 11) is 1.65. The number of ether oxygens (including phenoxy) is 1. The van der Waals surface area contributed by atoms with Crippen LogP contribution in [0.1, 0.15) is 16.7 Å². The van der Waals surface area contributed by atoms with Gasteiger partial charge in [0.05, 0.1) is 17.3 Å². The molecule has 0 radical (unpaired) electrons. The van der Waals surface area contributed by atoms with E-state index in [2.05, 4.69) is 53.3 Å². The van der Waals surface area contributed by atoms with Crippen molar-refractivity contribution in [2.75, 3.05) is 12.4 Å². The number of nitrogens with one attached hydrogen (secondary N) is 1. The van der Waals surface area contributed by atoms with Gasteiger partial charge in [-0.05, 0) is 58.6 Å². The van der Waals surface area contributed by atoms with Crippen LogP contribution in [0.25, 0.3) is 0 Å². The molecule has 2 aromatic carbocycles. The Kier molecular flexibility index (Phi) is 4.95. The molecule has 2 aromatic rings. The van der Waals surface area contributed by atoms with E-state index in [0.717, 1.165) is 22.5 Å². The van der Waals surface area contributed by atoms with Crippen molar-refractivity contribution in [3.8, 4) is 5.75 Å². The van der Waals surface area contributed by atoms with Gasteiger partial charge in [-0.25, -0.2) is 0 Å². The molecule has 2 rings (SSSR count). The fraction of sp³-hybridized carbons (Fsp3) is 0.250. The van der Waals surface area contributed by atoms with Gasteiger partial charge < -0.3 is 10.1 Å². The zero-order chi connectivity index (χ0) is 14.7. The van der Waals surface area contributed by atoms with Crippen molar-refractivity contribution >= 4 is 33.2 Å². The van der Waals surface area contributed by atoms with Crippen LogP contribution in [0.2, 0.25) is 5.02 Å². The summed E-state index contributed by atoms with van der Waals surface area (Å²) in [5.41, 5.74) is 4.71. The van der Waals surface area contributed by atoms with E-state index in [0.29, 0.717) is 5.02 Å². The second kappa shape index (κ2) is 6.51. The number of rotatable bonds is 4. The second-order valence-electron chi connectivity index (χ2n) is 4.74. The summed E-state index contributed by atoms with van der Waals surface area (Å²) in [5.74, 6) is 0.762. The van der Waals surface area contributed by atoms with Crippen LogP contribution < -0.4 is 10.1 Å². The van der Waals surface area contributed by atoms with Crippen LogP contribution in [0, 0.1) is 13.8 Å². The minimum atomic E-state index is 0.667. The molecule has 0 amide bonds. The van der Waals surface area contributed by atoms with Gasteiger partial charge in [0.1, 0.15) is 0 Å². The lowest BCUT2D eigenvalue weighted by Crippen LogP contribution is -2.02. The summed E-state index contributed by atoms with van der Waals surface area (Å²) in [4.78, 5) is 0. The Morgan fingerprint density at radius 2 is 1.90 bits per heavy atom. The molecule has 4 heteroatoms. The lowest BCUT2D eigenvalue weighted by Gasteiger charge is -2.14. The van der Waals surface area contributed by atoms with Gasteiger partial charge in [0.2, 0.25) is 0 Å². The van der Waals surface area contributed by atoms with E-state index in [4.69, 9.17) is 16.3 Å². The van der Waals surface area contributed by atoms with E-state index >= 15 is 0 Å². The van der Waals surface area contributed by atoms with E-state index in [-0.39, 0.29) is 0 Å². The lowest BCUT2D eigenvalue weighted by atomic mass is 10.1. The quantitative estimate of drug-likeness (QED) is 0.800. The normalized spacial score (nSPS) is 10.4. The Labute approximate surface area is 133 Å².